The number of allylic oxidation sites excluding steroid dienone is 6. The van der Waals surface area contributed by atoms with Crippen LogP contribution in [0.3, 0.4) is 0 Å². The lowest BCUT2D eigenvalue weighted by Gasteiger charge is -2.30. The normalized spacial score (nSPS) is 19.4. The molecule has 27 heteroatoms. The number of benzene rings is 2. The van der Waals surface area contributed by atoms with Crippen molar-refractivity contribution in [3.63, 3.8) is 0 Å². The van der Waals surface area contributed by atoms with Gasteiger partial charge in [0.15, 0.2) is 12.3 Å². The van der Waals surface area contributed by atoms with Gasteiger partial charge >= 0.3 is 5.97 Å². The minimum atomic E-state index is -4.93. The summed E-state index contributed by atoms with van der Waals surface area (Å²) in [6, 6.07) is 8.04. The summed E-state index contributed by atoms with van der Waals surface area (Å²) in [5.41, 5.74) is 1.21. The van der Waals surface area contributed by atoms with Crippen molar-refractivity contribution in [2.24, 2.45) is 0 Å². The van der Waals surface area contributed by atoms with Gasteiger partial charge in [-0.05, 0) is 75.1 Å². The van der Waals surface area contributed by atoms with Crippen molar-refractivity contribution in [3.05, 3.63) is 83.6 Å². The number of ether oxygens (including phenoxy) is 8. The molecule has 434 valence electrons. The molecule has 0 aromatic heterocycles. The van der Waals surface area contributed by atoms with Crippen LogP contribution in [0.4, 0.5) is 11.4 Å². The van der Waals surface area contributed by atoms with E-state index in [-0.39, 0.29) is 84.8 Å². The number of hydrogen-bond donors (Lipinski definition) is 0. The second-order valence-corrected chi connectivity index (χ2v) is 22.8. The molecule has 0 radical (unpaired) electrons. The van der Waals surface area contributed by atoms with Gasteiger partial charge < -0.3 is 61.3 Å². The van der Waals surface area contributed by atoms with Crippen LogP contribution in [0.15, 0.2) is 82.3 Å². The summed E-state index contributed by atoms with van der Waals surface area (Å²) >= 11 is 0. The molecule has 2 amide bonds. The molecule has 5 rings (SSSR count). The van der Waals surface area contributed by atoms with Crippen LogP contribution in [0.25, 0.3) is 0 Å². The van der Waals surface area contributed by atoms with Gasteiger partial charge in [0, 0.05) is 80.5 Å². The van der Waals surface area contributed by atoms with Crippen LogP contribution in [-0.4, -0.2) is 198 Å². The highest BCUT2D eigenvalue weighted by Crippen LogP contribution is 2.51. The minimum absolute atomic E-state index is 0.0312. The van der Waals surface area contributed by atoms with Crippen LogP contribution in [0, 0.1) is 0 Å². The van der Waals surface area contributed by atoms with Gasteiger partial charge in [0.2, 0.25) is 5.69 Å². The zero-order chi connectivity index (χ0) is 57.0. The Kier molecular flexibility index (Phi) is 24.7. The van der Waals surface area contributed by atoms with E-state index in [1.807, 2.05) is 16.4 Å². The number of methoxy groups -OCH3 is 2. The Morgan fingerprint density at radius 3 is 1.74 bits per heavy atom. The Labute approximate surface area is 456 Å². The number of hydrogen-bond acceptors (Lipinski definition) is 22. The third-order valence-corrected chi connectivity index (χ3v) is 15.5. The quantitative estimate of drug-likeness (QED) is 0.0309. The van der Waals surface area contributed by atoms with Crippen molar-refractivity contribution >= 4 is 65.2 Å². The largest absolute Gasteiger partial charge is 0.748 e. The third-order valence-electron chi connectivity index (χ3n) is 13.1. The molecule has 0 N–H and O–H groups in total. The maximum absolute atomic E-state index is 12.4. The summed E-state index contributed by atoms with van der Waals surface area (Å²) < 4.78 is 155. The molecule has 2 atom stereocenters. The Morgan fingerprint density at radius 2 is 1.18 bits per heavy atom. The number of carbonyl (C=O) groups excluding carboxylic acids is 3. The number of amides is 2. The van der Waals surface area contributed by atoms with E-state index in [0.29, 0.717) is 98.2 Å². The summed E-state index contributed by atoms with van der Waals surface area (Å²) in [6.45, 7) is 8.09. The molecular formula is C51H69N3O21S3-2. The number of hydroxylamine groups is 2. The molecule has 0 aliphatic carbocycles. The van der Waals surface area contributed by atoms with E-state index >= 15 is 0 Å². The highest BCUT2D eigenvalue weighted by Gasteiger charge is 2.48. The number of nitrogens with zero attached hydrogens (tertiary/aromatic N) is 3. The van der Waals surface area contributed by atoms with Crippen LogP contribution in [0.2, 0.25) is 0 Å². The fourth-order valence-corrected chi connectivity index (χ4v) is 10.6. The lowest BCUT2D eigenvalue weighted by Crippen LogP contribution is -2.33. The topological polar surface area (TPSA) is 315 Å². The summed E-state index contributed by atoms with van der Waals surface area (Å²) in [5.74, 6) is -2.77. The predicted molar refractivity (Wildman–Crippen MR) is 276 cm³/mol. The van der Waals surface area contributed by atoms with Crippen LogP contribution < -0.4 is 4.90 Å². The molecule has 3 aliphatic heterocycles. The summed E-state index contributed by atoms with van der Waals surface area (Å²) in [7, 11) is -11.3. The van der Waals surface area contributed by atoms with E-state index in [2.05, 4.69) is 0 Å². The summed E-state index contributed by atoms with van der Waals surface area (Å²) in [4.78, 5) is 42.1. The van der Waals surface area contributed by atoms with Crippen molar-refractivity contribution in [1.29, 1.82) is 0 Å². The SMILES string of the molecule is COCCOCCOCCOCCOCCOCC[N+]1=C(/C=C/C=C/C=C2/N(CCOCCC(=O)ON3C(=O)CCC3=O)c3ccc(S(=O)(=O)[O-])cc3C2(C)CCOC)C(C)(CCCS(=O)(=O)[O-])c2cc(S(=O)(=O)[O-])ccc21. The van der Waals surface area contributed by atoms with Gasteiger partial charge in [0.05, 0.1) is 111 Å². The summed E-state index contributed by atoms with van der Waals surface area (Å²) in [5, 5.41) is 0.450. The van der Waals surface area contributed by atoms with Crippen molar-refractivity contribution < 1.29 is 101 Å². The second-order valence-electron chi connectivity index (χ2n) is 18.5. The zero-order valence-corrected chi connectivity index (χ0v) is 46.7. The predicted octanol–water partition coefficient (Wildman–Crippen LogP) is 2.73. The number of anilines is 1. The summed E-state index contributed by atoms with van der Waals surface area (Å²) in [6.07, 6.45) is 8.58. The minimum Gasteiger partial charge on any atom is -0.748 e. The Balaban J connectivity index is 1.36. The Hall–Kier alpha value is -4.85. The number of carbonyl (C=O) groups is 3. The standard InChI is InChI=1S/C51H71N3O21S3/c1-50(18-8-36-76(58,59)60)41-37-39(77(61,62)63)11-13-43(41)52(21-25-70-28-29-72-32-33-74-35-34-73-31-30-71-27-26-68-4)45(50)9-6-5-7-10-46-51(2,19-23-67-3)42-38-40(78(64,65)66)12-14-44(42)53(46)20-24-69-22-17-49(57)75-54-47(55)15-16-48(54)56/h5-7,9-14,37-38H,8,15-36H2,1-4H3,(H2-,58,59,60,61,62,63,64,65,66)/p-2. The van der Waals surface area contributed by atoms with Gasteiger partial charge in [-0.1, -0.05) is 18.2 Å². The van der Waals surface area contributed by atoms with E-state index in [1.165, 1.54) is 43.5 Å². The number of imide groups is 1. The van der Waals surface area contributed by atoms with Gasteiger partial charge in [-0.15, -0.1) is 5.06 Å². The molecule has 0 bridgehead atoms. The van der Waals surface area contributed by atoms with Crippen LogP contribution in [-0.2, 0) is 98.3 Å². The van der Waals surface area contributed by atoms with Gasteiger partial charge in [0.25, 0.3) is 11.8 Å². The first-order chi connectivity index (χ1) is 37.0. The van der Waals surface area contributed by atoms with Gasteiger partial charge in [-0.25, -0.2) is 30.0 Å². The smallest absolute Gasteiger partial charge is 0.335 e. The van der Waals surface area contributed by atoms with Crippen molar-refractivity contribution in [3.8, 4) is 0 Å². The van der Waals surface area contributed by atoms with Crippen LogP contribution >= 0.6 is 0 Å². The van der Waals surface area contributed by atoms with Gasteiger partial charge in [-0.2, -0.15) is 4.58 Å². The third kappa shape index (κ3) is 18.3. The number of fused-ring (bicyclic) bond motifs is 2. The van der Waals surface area contributed by atoms with Crippen LogP contribution in [0.5, 0.6) is 0 Å². The first kappa shape index (κ1) is 64.0. The highest BCUT2D eigenvalue weighted by molar-refractivity contribution is 7.86. The fraction of sp³-hybridized carbons (Fsp3) is 0.569. The molecule has 3 heterocycles. The van der Waals surface area contributed by atoms with E-state index in [1.54, 1.807) is 44.4 Å². The first-order valence-electron chi connectivity index (χ1n) is 25.2. The van der Waals surface area contributed by atoms with E-state index in [0.717, 1.165) is 0 Å². The van der Waals surface area contributed by atoms with Gasteiger partial charge in [-0.3, -0.25) is 9.59 Å². The maximum atomic E-state index is 12.4. The molecule has 0 spiro atoms. The fourth-order valence-electron chi connectivity index (χ4n) is 9.15. The average Bonchev–Trinajstić information content (AvgIpc) is 4.06. The van der Waals surface area contributed by atoms with E-state index in [9.17, 15) is 53.3 Å². The lowest BCUT2D eigenvalue weighted by molar-refractivity contribution is -0.442. The van der Waals surface area contributed by atoms with Crippen LogP contribution in [0.1, 0.15) is 63.5 Å². The first-order valence-corrected chi connectivity index (χ1v) is 29.6. The molecule has 1 saturated heterocycles. The lowest BCUT2D eigenvalue weighted by atomic mass is 9.76. The molecule has 2 unspecified atom stereocenters. The Morgan fingerprint density at radius 1 is 0.641 bits per heavy atom. The molecule has 1 fully saturated rings. The van der Waals surface area contributed by atoms with Crippen molar-refractivity contribution in [2.75, 3.05) is 130 Å². The van der Waals surface area contributed by atoms with Gasteiger partial charge in [0.1, 0.15) is 26.8 Å². The molecule has 78 heavy (non-hydrogen) atoms. The van der Waals surface area contributed by atoms with Crippen molar-refractivity contribution in [2.45, 2.75) is 73.0 Å². The zero-order valence-electron chi connectivity index (χ0n) is 44.3. The van der Waals surface area contributed by atoms with E-state index in [4.69, 9.17) is 42.7 Å². The average molecular weight is 1160 g/mol. The van der Waals surface area contributed by atoms with Crippen molar-refractivity contribution in [1.82, 2.24) is 5.06 Å². The molecule has 24 nitrogen and oxygen atoms in total. The number of rotatable bonds is 37. The molecule has 3 aliphatic rings. The highest BCUT2D eigenvalue weighted by atomic mass is 32.2. The monoisotopic (exact) mass is 1160 g/mol. The maximum Gasteiger partial charge on any atom is 0.335 e. The molecule has 0 saturated carbocycles. The molecular weight excluding hydrogens is 1090 g/mol. The molecule has 2 aromatic rings. The van der Waals surface area contributed by atoms with E-state index < -0.39 is 74.5 Å². The Bertz CT molecular complexity index is 2840. The molecule has 2 aromatic carbocycles. The second kappa shape index (κ2) is 30.1.